The van der Waals surface area contributed by atoms with Crippen LogP contribution < -0.4 is 76.5 Å². The fourth-order valence-corrected chi connectivity index (χ4v) is 9.20. The van der Waals surface area contributed by atoms with Crippen molar-refractivity contribution in [2.24, 2.45) is 0 Å². The van der Waals surface area contributed by atoms with Crippen LogP contribution in [0.3, 0.4) is 0 Å². The Morgan fingerprint density at radius 1 is 0.442 bits per heavy atom. The number of rotatable bonds is 20. The molecule has 0 aliphatic carbocycles. The van der Waals surface area contributed by atoms with E-state index in [9.17, 15) is 19.2 Å². The van der Waals surface area contributed by atoms with Crippen LogP contribution in [0.25, 0.3) is 0 Å². The normalized spacial score (nSPS) is 12.5. The molecule has 0 bridgehead atoms. The van der Waals surface area contributed by atoms with E-state index in [1.165, 1.54) is 25.2 Å². The maximum Gasteiger partial charge on any atom is 0.252 e. The van der Waals surface area contributed by atoms with Crippen molar-refractivity contribution in [2.75, 3.05) is 112 Å². The van der Waals surface area contributed by atoms with Crippen molar-refractivity contribution >= 4 is 74.1 Å². The smallest absolute Gasteiger partial charge is 0.252 e. The van der Waals surface area contributed by atoms with E-state index in [-0.39, 0.29) is 23.6 Å². The molecule has 3 aromatic heterocycles. The van der Waals surface area contributed by atoms with Crippen LogP contribution in [0.2, 0.25) is 0 Å². The van der Waals surface area contributed by atoms with Gasteiger partial charge in [-0.1, -0.05) is 0 Å². The lowest BCUT2D eigenvalue weighted by Crippen LogP contribution is -2.12. The van der Waals surface area contributed by atoms with Crippen molar-refractivity contribution in [3.8, 4) is 40.2 Å². The Balaban J connectivity index is 0.000000159. The zero-order valence-electron chi connectivity index (χ0n) is 48.1. The molecule has 0 unspecified atom stereocenters. The fraction of sp³-hybridized carbons (Fsp3) is 0.298. The number of aromatic nitrogens is 6. The number of nitrogens with one attached hydrogen (secondary N) is 6. The molecule has 0 saturated heterocycles. The van der Waals surface area contributed by atoms with Crippen LogP contribution in [-0.2, 0) is 40.4 Å². The number of ether oxygens (including phenoxy) is 10. The van der Waals surface area contributed by atoms with E-state index in [4.69, 9.17) is 58.8 Å². The van der Waals surface area contributed by atoms with Crippen molar-refractivity contribution in [1.82, 2.24) is 51.2 Å². The number of hydrogen-bond acceptors (Lipinski definition) is 24. The van der Waals surface area contributed by atoms with Crippen molar-refractivity contribution in [3.63, 3.8) is 0 Å². The fourth-order valence-electron chi connectivity index (χ4n) is 8.66. The minimum absolute atomic E-state index is 0.0270. The molecular formula is C57H65BrN14O14. The number of amides is 4. The molecule has 0 saturated carbocycles. The van der Waals surface area contributed by atoms with E-state index < -0.39 is 0 Å². The van der Waals surface area contributed by atoms with E-state index in [1.54, 1.807) is 105 Å². The lowest BCUT2D eigenvalue weighted by atomic mass is 10.1. The third-order valence-electron chi connectivity index (χ3n) is 12.7. The predicted octanol–water partition coefficient (Wildman–Crippen LogP) is 5.30. The molecule has 4 aromatic carbocycles. The largest absolute Gasteiger partial charge is 0.495 e. The number of halogens is 1. The molecule has 4 amide bonds. The summed E-state index contributed by atoms with van der Waals surface area (Å²) in [5.74, 6) is 5.16. The van der Waals surface area contributed by atoms with Gasteiger partial charge in [0.15, 0.2) is 34.7 Å². The molecule has 10 N–H and O–H groups in total. The molecule has 0 atom stereocenters. The second kappa shape index (κ2) is 31.7. The van der Waals surface area contributed by atoms with E-state index in [0.717, 1.165) is 32.5 Å². The number of nitrogen functional groups attached to an aromatic ring is 2. The van der Waals surface area contributed by atoms with Crippen LogP contribution >= 0.6 is 15.9 Å². The van der Waals surface area contributed by atoms with Crippen LogP contribution in [0.15, 0.2) is 90.6 Å². The second-order valence-corrected chi connectivity index (χ2v) is 18.8. The van der Waals surface area contributed by atoms with Crippen LogP contribution in [0.5, 0.6) is 40.2 Å². The summed E-state index contributed by atoms with van der Waals surface area (Å²) in [6.45, 7) is 4.61. The van der Waals surface area contributed by atoms with Gasteiger partial charge in [-0.05, 0) is 64.5 Å². The molecule has 0 fully saturated rings. The first-order valence-electron chi connectivity index (χ1n) is 26.2. The first-order chi connectivity index (χ1) is 41.8. The number of fused-ring (bicyclic) bond motifs is 4. The molecule has 29 heteroatoms. The van der Waals surface area contributed by atoms with Gasteiger partial charge in [0.1, 0.15) is 61.8 Å². The zero-order chi connectivity index (χ0) is 61.5. The highest BCUT2D eigenvalue weighted by Crippen LogP contribution is 2.39. The first-order valence-corrected chi connectivity index (χ1v) is 27.0. The van der Waals surface area contributed by atoms with E-state index in [0.29, 0.717) is 157 Å². The Hall–Kier alpha value is -9.84. The van der Waals surface area contributed by atoms with Crippen molar-refractivity contribution in [2.45, 2.75) is 26.2 Å². The number of anilines is 6. The van der Waals surface area contributed by atoms with Gasteiger partial charge in [-0.3, -0.25) is 19.2 Å². The Kier molecular flexibility index (Phi) is 23.5. The summed E-state index contributed by atoms with van der Waals surface area (Å²) in [5.41, 5.74) is 19.2. The van der Waals surface area contributed by atoms with Gasteiger partial charge in [0.2, 0.25) is 0 Å². The maximum absolute atomic E-state index is 11.8. The molecule has 86 heavy (non-hydrogen) atoms. The summed E-state index contributed by atoms with van der Waals surface area (Å²) in [6, 6.07) is 14.1. The second-order valence-electron chi connectivity index (χ2n) is 17.9. The molecule has 7 aromatic rings. The molecule has 4 aliphatic heterocycles. The quantitative estimate of drug-likeness (QED) is 0.0354. The van der Waals surface area contributed by atoms with Crippen LogP contribution in [0.4, 0.5) is 34.5 Å². The average molecular weight is 1250 g/mol. The standard InChI is InChI=1S/2C16H18N4O4.C9H8BrNO2.C9H10N2O2.C7H11N3O2/c2*1-22-5-6-24-13-8-17-9-19-15(13)20-12-4-3-10-11(14(12)23-2)7-18-16(10)21;2*1-13-8-6-4-11-9(12)5(6)2-3-7(8)10;1-11-2-3-12-6-4-9-5-10-7(6)8/h2*3-4,8-9H,5-7H2,1-2H3,(H,18,21)(H,17,19,20);2-3H,4H2,1H3,(H,11,12);2-3H,4,10H2,1H3,(H,11,12);4-5H,2-3H2,1H3,(H2,8,9,10). The number of carbonyl (C=O) groups excluding carboxylic acids is 4. The molecule has 0 spiro atoms. The van der Waals surface area contributed by atoms with Crippen molar-refractivity contribution < 1.29 is 66.5 Å². The third kappa shape index (κ3) is 15.9. The first kappa shape index (κ1) is 63.7. The SMILES string of the molecule is COCCOc1cncnc1N.COCCOc1cncnc1Nc1ccc2c(c1OC)CNC2=O.COCCOc1cncnc1Nc1ccc2c(c1OC)CNC2=O.COc1c(Br)ccc2c1CNC2=O.COc1c(N)ccc2c1CNC2=O. The summed E-state index contributed by atoms with van der Waals surface area (Å²) >= 11 is 3.37. The van der Waals surface area contributed by atoms with E-state index in [2.05, 4.69) is 77.7 Å². The summed E-state index contributed by atoms with van der Waals surface area (Å²) in [6.07, 6.45) is 8.91. The van der Waals surface area contributed by atoms with Gasteiger partial charge in [-0.15, -0.1) is 0 Å². The van der Waals surface area contributed by atoms with Crippen molar-refractivity contribution in [3.05, 3.63) is 135 Å². The molecule has 28 nitrogen and oxygen atoms in total. The highest BCUT2D eigenvalue weighted by atomic mass is 79.9. The van der Waals surface area contributed by atoms with Gasteiger partial charge in [0, 0.05) is 92.0 Å². The summed E-state index contributed by atoms with van der Waals surface area (Å²) in [5, 5.41) is 17.4. The predicted molar refractivity (Wildman–Crippen MR) is 318 cm³/mol. The number of methoxy groups -OCH3 is 7. The van der Waals surface area contributed by atoms with Gasteiger partial charge in [-0.25, -0.2) is 29.9 Å². The summed E-state index contributed by atoms with van der Waals surface area (Å²) in [7, 11) is 11.1. The highest BCUT2D eigenvalue weighted by Gasteiger charge is 2.28. The van der Waals surface area contributed by atoms with E-state index >= 15 is 0 Å². The minimum atomic E-state index is -0.0968. The average Bonchev–Trinajstić information content (AvgIpc) is 2.55. The number of hydrogen-bond donors (Lipinski definition) is 8. The van der Waals surface area contributed by atoms with Gasteiger partial charge >= 0.3 is 0 Å². The van der Waals surface area contributed by atoms with Crippen LogP contribution in [0, 0.1) is 0 Å². The maximum atomic E-state index is 11.8. The Bertz CT molecular complexity index is 3310. The monoisotopic (exact) mass is 1250 g/mol. The lowest BCUT2D eigenvalue weighted by molar-refractivity contribution is 0.0957. The number of nitrogens with zero attached hydrogens (tertiary/aromatic N) is 6. The number of nitrogens with two attached hydrogens (primary N) is 2. The van der Waals surface area contributed by atoms with Crippen molar-refractivity contribution in [1.29, 1.82) is 0 Å². The van der Waals surface area contributed by atoms with Crippen LogP contribution in [-0.4, -0.2) is 143 Å². The zero-order valence-corrected chi connectivity index (χ0v) is 49.7. The van der Waals surface area contributed by atoms with Gasteiger partial charge in [-0.2, -0.15) is 0 Å². The molecule has 11 rings (SSSR count). The highest BCUT2D eigenvalue weighted by molar-refractivity contribution is 9.10. The molecule has 0 radical (unpaired) electrons. The Labute approximate surface area is 502 Å². The van der Waals surface area contributed by atoms with Gasteiger partial charge < -0.3 is 90.7 Å². The molecular weight excluding hydrogens is 1180 g/mol. The third-order valence-corrected chi connectivity index (χ3v) is 13.4. The van der Waals surface area contributed by atoms with E-state index in [1.807, 2.05) is 6.07 Å². The minimum Gasteiger partial charge on any atom is -0.495 e. The lowest BCUT2D eigenvalue weighted by Gasteiger charge is -2.15. The van der Waals surface area contributed by atoms with Gasteiger partial charge in [0.25, 0.3) is 23.6 Å². The molecule has 4 aliphatic rings. The number of benzene rings is 4. The number of carbonyl (C=O) groups is 4. The molecule has 454 valence electrons. The summed E-state index contributed by atoms with van der Waals surface area (Å²) < 4.78 is 53.3. The van der Waals surface area contributed by atoms with Gasteiger partial charge in [0.05, 0.1) is 88.4 Å². The Morgan fingerprint density at radius 2 is 0.791 bits per heavy atom. The topological polar surface area (TPSA) is 362 Å². The van der Waals surface area contributed by atoms with Crippen LogP contribution in [0.1, 0.15) is 63.7 Å². The summed E-state index contributed by atoms with van der Waals surface area (Å²) in [4.78, 5) is 69.9. The molecule has 7 heterocycles. The Morgan fingerprint density at radius 3 is 1.19 bits per heavy atom.